The van der Waals surface area contributed by atoms with E-state index in [1.54, 1.807) is 0 Å². The minimum atomic E-state index is -4.72. The van der Waals surface area contributed by atoms with Crippen LogP contribution >= 0.6 is 0 Å². The lowest BCUT2D eigenvalue weighted by atomic mass is 10.1. The summed E-state index contributed by atoms with van der Waals surface area (Å²) in [5.41, 5.74) is -2.10. The molecule has 1 aromatic rings. The van der Waals surface area contributed by atoms with Crippen molar-refractivity contribution in [3.8, 4) is 0 Å². The number of ether oxygens (including phenoxy) is 1. The first-order valence-electron chi connectivity index (χ1n) is 7.18. The van der Waals surface area contributed by atoms with Crippen molar-refractivity contribution in [1.82, 2.24) is 5.32 Å². The Morgan fingerprint density at radius 3 is 2.54 bits per heavy atom. The van der Waals surface area contributed by atoms with E-state index in [1.165, 1.54) is 0 Å². The number of nitro benzene ring substituents is 1. The zero-order chi connectivity index (χ0) is 19.9. The maximum atomic E-state index is 12.6. The molecule has 0 aliphatic carbocycles. The van der Waals surface area contributed by atoms with E-state index in [1.807, 2.05) is 0 Å². The van der Waals surface area contributed by atoms with Gasteiger partial charge in [-0.1, -0.05) is 0 Å². The summed E-state index contributed by atoms with van der Waals surface area (Å²) in [6.45, 7) is -0.381. The zero-order valence-corrected chi connectivity index (χ0v) is 13.5. The quantitative estimate of drug-likeness (QED) is 0.439. The number of benzene rings is 1. The van der Waals surface area contributed by atoms with Crippen molar-refractivity contribution < 1.29 is 37.5 Å². The van der Waals surface area contributed by atoms with Gasteiger partial charge in [-0.2, -0.15) is 13.2 Å². The predicted molar refractivity (Wildman–Crippen MR) is 82.6 cm³/mol. The molecule has 0 aromatic heterocycles. The lowest BCUT2D eigenvalue weighted by Gasteiger charge is -2.12. The summed E-state index contributed by atoms with van der Waals surface area (Å²) in [5.74, 6) is -1.82. The molecule has 0 saturated carbocycles. The van der Waals surface area contributed by atoms with E-state index in [-0.39, 0.29) is 25.2 Å². The molecule has 12 heteroatoms. The number of amides is 1. The van der Waals surface area contributed by atoms with Crippen LogP contribution in [0.3, 0.4) is 0 Å². The number of carboxylic acids is 1. The highest BCUT2D eigenvalue weighted by atomic mass is 19.4. The third kappa shape index (κ3) is 6.20. The molecule has 1 aromatic carbocycles. The summed E-state index contributed by atoms with van der Waals surface area (Å²) in [6.07, 6.45) is -6.12. The number of carbonyl (C=O) groups is 2. The molecule has 0 spiro atoms. The van der Waals surface area contributed by atoms with Crippen molar-refractivity contribution in [3.05, 3.63) is 33.9 Å². The molecule has 1 atom stereocenters. The molecule has 0 saturated heterocycles. The van der Waals surface area contributed by atoms with Crippen LogP contribution in [0.5, 0.6) is 0 Å². The number of rotatable bonds is 9. The molecule has 0 aliphatic heterocycles. The maximum absolute atomic E-state index is 12.6. The fourth-order valence-corrected chi connectivity index (χ4v) is 1.89. The van der Waals surface area contributed by atoms with Crippen molar-refractivity contribution in [2.75, 3.05) is 25.5 Å². The Bertz CT molecular complexity index is 680. The van der Waals surface area contributed by atoms with E-state index < -0.39 is 40.3 Å². The first-order chi connectivity index (χ1) is 12.1. The van der Waals surface area contributed by atoms with E-state index >= 15 is 0 Å². The van der Waals surface area contributed by atoms with Gasteiger partial charge in [-0.05, 0) is 12.1 Å². The Kier molecular flexibility index (Phi) is 7.31. The van der Waals surface area contributed by atoms with Crippen LogP contribution < -0.4 is 10.6 Å². The summed E-state index contributed by atoms with van der Waals surface area (Å²) in [7, 11) is 1.16. The van der Waals surface area contributed by atoms with Gasteiger partial charge in [-0.15, -0.1) is 0 Å². The molecule has 0 fully saturated rings. The van der Waals surface area contributed by atoms with Crippen LogP contribution in [0, 0.1) is 10.1 Å². The number of carbonyl (C=O) groups excluding carboxylic acids is 1. The fourth-order valence-electron chi connectivity index (χ4n) is 1.89. The largest absolute Gasteiger partial charge is 0.479 e. The highest BCUT2D eigenvalue weighted by Gasteiger charge is 2.33. The second-order valence-corrected chi connectivity index (χ2v) is 5.03. The van der Waals surface area contributed by atoms with Crippen LogP contribution in [0.2, 0.25) is 0 Å². The van der Waals surface area contributed by atoms with Gasteiger partial charge in [0.15, 0.2) is 6.10 Å². The molecular formula is C14H16F3N3O6. The number of hydrogen-bond donors (Lipinski definition) is 3. The lowest BCUT2D eigenvalue weighted by molar-refractivity contribution is -0.384. The molecule has 3 N–H and O–H groups in total. The Hall–Kier alpha value is -2.89. The smallest absolute Gasteiger partial charge is 0.416 e. The third-order valence-electron chi connectivity index (χ3n) is 3.23. The number of alkyl halides is 3. The van der Waals surface area contributed by atoms with Crippen molar-refractivity contribution in [2.45, 2.75) is 18.7 Å². The number of nitrogens with one attached hydrogen (secondary N) is 2. The van der Waals surface area contributed by atoms with Crippen molar-refractivity contribution >= 4 is 23.3 Å². The van der Waals surface area contributed by atoms with Gasteiger partial charge in [-0.3, -0.25) is 14.9 Å². The van der Waals surface area contributed by atoms with Crippen LogP contribution in [0.1, 0.15) is 12.0 Å². The number of carboxylic acid groups (broad SMARTS) is 1. The van der Waals surface area contributed by atoms with E-state index in [2.05, 4.69) is 15.4 Å². The van der Waals surface area contributed by atoms with E-state index in [4.69, 9.17) is 5.11 Å². The molecular weight excluding hydrogens is 363 g/mol. The Morgan fingerprint density at radius 2 is 2.04 bits per heavy atom. The zero-order valence-electron chi connectivity index (χ0n) is 13.5. The maximum Gasteiger partial charge on any atom is 0.416 e. The van der Waals surface area contributed by atoms with Gasteiger partial charge in [0, 0.05) is 26.1 Å². The Balaban J connectivity index is 2.63. The topological polar surface area (TPSA) is 131 Å². The summed E-state index contributed by atoms with van der Waals surface area (Å²) in [6, 6.07) is 1.99. The van der Waals surface area contributed by atoms with E-state index in [0.29, 0.717) is 12.1 Å². The monoisotopic (exact) mass is 379 g/mol. The van der Waals surface area contributed by atoms with Crippen LogP contribution in [0.4, 0.5) is 24.5 Å². The molecule has 9 nitrogen and oxygen atoms in total. The summed E-state index contributed by atoms with van der Waals surface area (Å²) in [5, 5.41) is 24.5. The Morgan fingerprint density at radius 1 is 1.38 bits per heavy atom. The van der Waals surface area contributed by atoms with Crippen LogP contribution in [-0.4, -0.2) is 48.2 Å². The minimum Gasteiger partial charge on any atom is -0.479 e. The highest BCUT2D eigenvalue weighted by molar-refractivity contribution is 5.78. The van der Waals surface area contributed by atoms with Crippen molar-refractivity contribution in [2.24, 2.45) is 0 Å². The lowest BCUT2D eigenvalue weighted by Crippen LogP contribution is -2.38. The van der Waals surface area contributed by atoms with Gasteiger partial charge in [0.2, 0.25) is 5.91 Å². The molecule has 0 radical (unpaired) electrons. The molecule has 144 valence electrons. The van der Waals surface area contributed by atoms with Crippen LogP contribution in [0.15, 0.2) is 18.2 Å². The third-order valence-corrected chi connectivity index (χ3v) is 3.23. The number of nitrogens with zero attached hydrogens (tertiary/aromatic N) is 1. The van der Waals surface area contributed by atoms with Gasteiger partial charge in [-0.25, -0.2) is 4.79 Å². The van der Waals surface area contributed by atoms with Crippen molar-refractivity contribution in [3.63, 3.8) is 0 Å². The molecule has 0 heterocycles. The first-order valence-corrected chi connectivity index (χ1v) is 7.18. The second kappa shape index (κ2) is 8.99. The van der Waals surface area contributed by atoms with Gasteiger partial charge in [0.25, 0.3) is 5.69 Å². The normalized spacial score (nSPS) is 12.3. The van der Waals surface area contributed by atoms with Crippen LogP contribution in [-0.2, 0) is 20.5 Å². The molecule has 0 aliphatic rings. The number of halogens is 3. The van der Waals surface area contributed by atoms with Crippen molar-refractivity contribution in [1.29, 1.82) is 0 Å². The standard InChI is InChI=1S/C14H16F3N3O6/c1-26-11(13(22)23)7-19-12(21)4-5-18-9-3-2-8(14(15,16)17)6-10(9)20(24)25/h2-3,6,11,18H,4-5,7H2,1H3,(H,19,21)(H,22,23). The van der Waals surface area contributed by atoms with Crippen LogP contribution in [0.25, 0.3) is 0 Å². The number of methoxy groups -OCH3 is 1. The summed E-state index contributed by atoms with van der Waals surface area (Å²) in [4.78, 5) is 32.3. The average molecular weight is 379 g/mol. The number of hydrogen-bond acceptors (Lipinski definition) is 6. The highest BCUT2D eigenvalue weighted by Crippen LogP contribution is 2.34. The fraction of sp³-hybridized carbons (Fsp3) is 0.429. The van der Waals surface area contributed by atoms with Gasteiger partial charge >= 0.3 is 12.1 Å². The molecule has 1 rings (SSSR count). The molecule has 26 heavy (non-hydrogen) atoms. The minimum absolute atomic E-state index is 0.108. The molecule has 1 unspecified atom stereocenters. The second-order valence-electron chi connectivity index (χ2n) is 5.03. The van der Waals surface area contributed by atoms with E-state index in [9.17, 15) is 32.9 Å². The molecule has 0 bridgehead atoms. The molecule has 1 amide bonds. The average Bonchev–Trinajstić information content (AvgIpc) is 2.54. The summed E-state index contributed by atoms with van der Waals surface area (Å²) < 4.78 is 42.4. The predicted octanol–water partition coefficient (Wildman–Crippen LogP) is 1.63. The Labute approximate surface area is 145 Å². The number of nitro groups is 1. The first kappa shape index (κ1) is 21.2. The van der Waals surface area contributed by atoms with Gasteiger partial charge < -0.3 is 20.5 Å². The number of aliphatic carboxylic acids is 1. The summed E-state index contributed by atoms with van der Waals surface area (Å²) >= 11 is 0. The SMILES string of the molecule is COC(CNC(=O)CCNc1ccc(C(F)(F)F)cc1[N+](=O)[O-])C(=O)O. The van der Waals surface area contributed by atoms with Gasteiger partial charge in [0.05, 0.1) is 17.0 Å². The number of anilines is 1. The van der Waals surface area contributed by atoms with Gasteiger partial charge in [0.1, 0.15) is 5.69 Å². The van der Waals surface area contributed by atoms with E-state index in [0.717, 1.165) is 13.2 Å².